The smallest absolute Gasteiger partial charge is 0.241 e. The van der Waals surface area contributed by atoms with Crippen LogP contribution >= 0.6 is 0 Å². The van der Waals surface area contributed by atoms with Crippen LogP contribution in [0.5, 0.6) is 0 Å². The maximum atomic E-state index is 12.7. The summed E-state index contributed by atoms with van der Waals surface area (Å²) < 4.78 is 0. The number of carbonyl (C=O) groups excluding carboxylic acids is 2. The molecule has 3 heterocycles. The summed E-state index contributed by atoms with van der Waals surface area (Å²) in [5.41, 5.74) is 0.701. The van der Waals surface area contributed by atoms with Gasteiger partial charge in [-0.2, -0.15) is 0 Å². The van der Waals surface area contributed by atoms with E-state index in [-0.39, 0.29) is 17.4 Å². The molecule has 25 heavy (non-hydrogen) atoms. The van der Waals surface area contributed by atoms with Crippen molar-refractivity contribution in [1.29, 1.82) is 0 Å². The van der Waals surface area contributed by atoms with Gasteiger partial charge >= 0.3 is 0 Å². The minimum atomic E-state index is -0.144. The van der Waals surface area contributed by atoms with Crippen molar-refractivity contribution in [2.24, 2.45) is 11.8 Å². The molecule has 1 saturated carbocycles. The molecule has 0 radical (unpaired) electrons. The number of nitrogens with zero attached hydrogens (tertiary/aromatic N) is 4. The van der Waals surface area contributed by atoms with E-state index in [4.69, 9.17) is 0 Å². The predicted octanol–water partition coefficient (Wildman–Crippen LogP) is 1.38. The highest BCUT2D eigenvalue weighted by atomic mass is 16.2. The van der Waals surface area contributed by atoms with Gasteiger partial charge in [-0.05, 0) is 44.4 Å². The average molecular weight is 342 g/mol. The Hall–Kier alpha value is -1.95. The van der Waals surface area contributed by atoms with Crippen LogP contribution in [-0.2, 0) is 9.59 Å². The lowest BCUT2D eigenvalue weighted by Crippen LogP contribution is -2.64. The molecular formula is C19H26N4O2. The highest BCUT2D eigenvalue weighted by Crippen LogP contribution is 2.38. The Kier molecular flexibility index (Phi) is 4.02. The van der Waals surface area contributed by atoms with Gasteiger partial charge in [0.25, 0.3) is 0 Å². The Morgan fingerprint density at radius 1 is 1.32 bits per heavy atom. The summed E-state index contributed by atoms with van der Waals surface area (Å²) in [5, 5.41) is 0. The van der Waals surface area contributed by atoms with E-state index < -0.39 is 0 Å². The van der Waals surface area contributed by atoms with Crippen molar-refractivity contribution in [2.45, 2.75) is 31.7 Å². The van der Waals surface area contributed by atoms with Crippen molar-refractivity contribution in [1.82, 2.24) is 14.8 Å². The zero-order valence-corrected chi connectivity index (χ0v) is 15.0. The van der Waals surface area contributed by atoms with Crippen LogP contribution in [0.4, 0.5) is 5.69 Å². The fourth-order valence-corrected chi connectivity index (χ4v) is 4.56. The van der Waals surface area contributed by atoms with Gasteiger partial charge in [0.05, 0.1) is 24.0 Å². The first-order valence-corrected chi connectivity index (χ1v) is 9.19. The number of likely N-dealkylation sites (N-methyl/N-ethyl adjacent to an activating group) is 1. The number of hydrogen-bond acceptors (Lipinski definition) is 4. The van der Waals surface area contributed by atoms with Gasteiger partial charge in [-0.1, -0.05) is 6.92 Å². The second-order valence-electron chi connectivity index (χ2n) is 8.05. The van der Waals surface area contributed by atoms with Crippen molar-refractivity contribution in [3.8, 4) is 0 Å². The minimum Gasteiger partial charge on any atom is -0.340 e. The lowest BCUT2D eigenvalue weighted by atomic mass is 9.75. The molecule has 6 heteroatoms. The Morgan fingerprint density at radius 3 is 2.80 bits per heavy atom. The molecule has 1 aliphatic carbocycles. The van der Waals surface area contributed by atoms with Crippen LogP contribution in [-0.4, -0.2) is 65.4 Å². The van der Waals surface area contributed by atoms with Gasteiger partial charge in [-0.3, -0.25) is 19.5 Å². The zero-order valence-electron chi connectivity index (χ0n) is 15.0. The molecule has 134 valence electrons. The molecule has 1 aromatic rings. The second-order valence-corrected chi connectivity index (χ2v) is 8.05. The summed E-state index contributed by atoms with van der Waals surface area (Å²) >= 11 is 0. The number of aromatic nitrogens is 1. The third-order valence-electron chi connectivity index (χ3n) is 6.26. The van der Waals surface area contributed by atoms with Gasteiger partial charge in [-0.25, -0.2) is 0 Å². The van der Waals surface area contributed by atoms with Crippen LogP contribution in [0.25, 0.3) is 0 Å². The molecule has 0 N–H and O–H groups in total. The van der Waals surface area contributed by atoms with E-state index in [1.807, 2.05) is 29.0 Å². The van der Waals surface area contributed by atoms with Crippen LogP contribution in [0.1, 0.15) is 26.2 Å². The van der Waals surface area contributed by atoms with Crippen LogP contribution in [0.2, 0.25) is 0 Å². The molecule has 4 rings (SSSR count). The summed E-state index contributed by atoms with van der Waals surface area (Å²) in [7, 11) is 2.01. The molecular weight excluding hydrogens is 316 g/mol. The number of piperazine rings is 1. The van der Waals surface area contributed by atoms with E-state index in [1.165, 1.54) is 0 Å². The fourth-order valence-electron chi connectivity index (χ4n) is 4.56. The van der Waals surface area contributed by atoms with Crippen molar-refractivity contribution in [3.63, 3.8) is 0 Å². The topological polar surface area (TPSA) is 56.8 Å². The molecule has 1 atom stereocenters. The van der Waals surface area contributed by atoms with Crippen LogP contribution in [0.3, 0.4) is 0 Å². The normalized spacial score (nSPS) is 33.0. The first kappa shape index (κ1) is 16.5. The van der Waals surface area contributed by atoms with Gasteiger partial charge in [0, 0.05) is 31.7 Å². The van der Waals surface area contributed by atoms with E-state index >= 15 is 0 Å². The fraction of sp³-hybridized carbons (Fsp3) is 0.632. The Labute approximate surface area is 148 Å². The van der Waals surface area contributed by atoms with Gasteiger partial charge in [-0.15, -0.1) is 0 Å². The third kappa shape index (κ3) is 2.82. The highest BCUT2D eigenvalue weighted by molar-refractivity contribution is 5.96. The number of anilines is 1. The van der Waals surface area contributed by atoms with Crippen LogP contribution in [0.15, 0.2) is 24.5 Å². The molecule has 1 aromatic heterocycles. The molecule has 2 aliphatic heterocycles. The molecule has 2 saturated heterocycles. The van der Waals surface area contributed by atoms with E-state index in [2.05, 4.69) is 16.8 Å². The molecule has 0 aromatic carbocycles. The summed E-state index contributed by atoms with van der Waals surface area (Å²) in [6.07, 6.45) is 6.43. The summed E-state index contributed by atoms with van der Waals surface area (Å²) in [5.74, 6) is 1.31. The van der Waals surface area contributed by atoms with E-state index in [0.29, 0.717) is 24.9 Å². The SMILES string of the molecule is CC1CC(C(=O)N2CCC3(C2)CN(c2cccnc2)C(=O)CN3C)C1. The van der Waals surface area contributed by atoms with E-state index in [0.717, 1.165) is 38.0 Å². The quantitative estimate of drug-likeness (QED) is 0.815. The minimum absolute atomic E-state index is 0.0960. The molecule has 3 fully saturated rings. The number of likely N-dealkylation sites (tertiary alicyclic amines) is 1. The van der Waals surface area contributed by atoms with Crippen molar-refractivity contribution in [2.75, 3.05) is 38.1 Å². The first-order chi connectivity index (χ1) is 12.0. The Morgan fingerprint density at radius 2 is 2.12 bits per heavy atom. The number of amides is 2. The van der Waals surface area contributed by atoms with E-state index in [9.17, 15) is 9.59 Å². The average Bonchev–Trinajstić information content (AvgIpc) is 3.01. The maximum Gasteiger partial charge on any atom is 0.241 e. The number of carbonyl (C=O) groups is 2. The lowest BCUT2D eigenvalue weighted by Gasteiger charge is -2.46. The Bertz CT molecular complexity index is 673. The van der Waals surface area contributed by atoms with Gasteiger partial charge in [0.1, 0.15) is 0 Å². The number of pyridine rings is 1. The standard InChI is InChI=1S/C19H26N4O2/c1-14-8-15(9-14)18(25)22-7-5-19(12-22)13-23(17(24)11-21(19)2)16-4-3-6-20-10-16/h3-4,6,10,14-15H,5,7-9,11-13H2,1-2H3. The van der Waals surface area contributed by atoms with Gasteiger partial charge in [0.2, 0.25) is 11.8 Å². The number of rotatable bonds is 2. The monoisotopic (exact) mass is 342 g/mol. The largest absolute Gasteiger partial charge is 0.340 e. The lowest BCUT2D eigenvalue weighted by molar-refractivity contribution is -0.139. The van der Waals surface area contributed by atoms with Crippen LogP contribution in [0, 0.1) is 11.8 Å². The molecule has 6 nitrogen and oxygen atoms in total. The van der Waals surface area contributed by atoms with Crippen molar-refractivity contribution >= 4 is 17.5 Å². The summed E-state index contributed by atoms with van der Waals surface area (Å²) in [4.78, 5) is 35.4. The first-order valence-electron chi connectivity index (χ1n) is 9.19. The van der Waals surface area contributed by atoms with Crippen molar-refractivity contribution < 1.29 is 9.59 Å². The molecule has 1 spiro atoms. The summed E-state index contributed by atoms with van der Waals surface area (Å²) in [6, 6.07) is 3.79. The zero-order chi connectivity index (χ0) is 17.6. The molecule has 2 amide bonds. The summed E-state index contributed by atoms with van der Waals surface area (Å²) in [6.45, 7) is 4.73. The molecule has 3 aliphatic rings. The Balaban J connectivity index is 1.51. The molecule has 0 bridgehead atoms. The van der Waals surface area contributed by atoms with Gasteiger partial charge < -0.3 is 9.80 Å². The third-order valence-corrected chi connectivity index (χ3v) is 6.26. The predicted molar refractivity (Wildman–Crippen MR) is 95.0 cm³/mol. The maximum absolute atomic E-state index is 12.7. The number of hydrogen-bond donors (Lipinski definition) is 0. The van der Waals surface area contributed by atoms with Crippen molar-refractivity contribution in [3.05, 3.63) is 24.5 Å². The van der Waals surface area contributed by atoms with Gasteiger partial charge in [0.15, 0.2) is 0 Å². The van der Waals surface area contributed by atoms with Crippen LogP contribution < -0.4 is 4.90 Å². The highest BCUT2D eigenvalue weighted by Gasteiger charge is 2.49. The molecule has 1 unspecified atom stereocenters. The van der Waals surface area contributed by atoms with E-state index in [1.54, 1.807) is 12.4 Å². The second kappa shape index (κ2) is 6.09.